The van der Waals surface area contributed by atoms with Crippen molar-refractivity contribution in [3.63, 3.8) is 0 Å². The normalized spacial score (nSPS) is 30.4. The van der Waals surface area contributed by atoms with E-state index in [1.165, 1.54) is 0 Å². The Morgan fingerprint density at radius 2 is 1.45 bits per heavy atom. The van der Waals surface area contributed by atoms with Gasteiger partial charge in [0.25, 0.3) is 20.2 Å². The van der Waals surface area contributed by atoms with E-state index in [4.69, 9.17) is 22.6 Å². The van der Waals surface area contributed by atoms with E-state index in [0.29, 0.717) is 0 Å². The largest absolute Gasteiger partial charge is 0.342 e. The van der Waals surface area contributed by atoms with Gasteiger partial charge in [0.1, 0.15) is 11.7 Å². The predicted molar refractivity (Wildman–Crippen MR) is 73.8 cm³/mol. The fourth-order valence-corrected chi connectivity index (χ4v) is 3.22. The molecule has 0 amide bonds. The predicted octanol–water partition coefficient (Wildman–Crippen LogP) is -0.424. The highest BCUT2D eigenvalue weighted by molar-refractivity contribution is 7.86. The summed E-state index contributed by atoms with van der Waals surface area (Å²) in [5.41, 5.74) is -1.28. The van der Waals surface area contributed by atoms with Crippen molar-refractivity contribution in [3.8, 4) is 0 Å². The number of hydrogen-bond acceptors (Lipinski definition) is 9. The molecule has 2 heterocycles. The first kappa shape index (κ1) is 18.0. The molecule has 11 heteroatoms. The second-order valence-electron chi connectivity index (χ2n) is 5.98. The number of rotatable bonds is 6. The van der Waals surface area contributed by atoms with E-state index in [-0.39, 0.29) is 19.6 Å². The zero-order valence-corrected chi connectivity index (χ0v) is 14.4. The van der Waals surface area contributed by atoms with Crippen molar-refractivity contribution in [1.29, 1.82) is 0 Å². The van der Waals surface area contributed by atoms with Crippen LogP contribution in [-0.4, -0.2) is 66.3 Å². The highest BCUT2D eigenvalue weighted by Crippen LogP contribution is 2.42. The van der Waals surface area contributed by atoms with Crippen LogP contribution in [0.4, 0.5) is 0 Å². The summed E-state index contributed by atoms with van der Waals surface area (Å²) in [5, 5.41) is 0. The molecule has 2 aliphatic rings. The van der Waals surface area contributed by atoms with Crippen LogP contribution in [0, 0.1) is 0 Å². The SMILES string of the molecule is CC1(C)O[C@H]2OC(COS(C)(=O)=O)(COS(C)(=O)=O)C[C@H]2O1. The Balaban J connectivity index is 2.11. The molecular formula is C11H20O9S2. The molecule has 0 N–H and O–H groups in total. The summed E-state index contributed by atoms with van der Waals surface area (Å²) in [6, 6.07) is 0. The lowest BCUT2D eigenvalue weighted by Crippen LogP contribution is -2.43. The Morgan fingerprint density at radius 3 is 1.86 bits per heavy atom. The van der Waals surface area contributed by atoms with Crippen molar-refractivity contribution >= 4 is 20.2 Å². The van der Waals surface area contributed by atoms with Gasteiger partial charge in [-0.1, -0.05) is 0 Å². The van der Waals surface area contributed by atoms with Gasteiger partial charge < -0.3 is 14.2 Å². The lowest BCUT2D eigenvalue weighted by Gasteiger charge is -2.29. The van der Waals surface area contributed by atoms with E-state index >= 15 is 0 Å². The molecule has 0 aliphatic carbocycles. The highest BCUT2D eigenvalue weighted by atomic mass is 32.2. The maximum absolute atomic E-state index is 11.2. The Kier molecular flexibility index (Phi) is 4.64. The minimum atomic E-state index is -3.72. The molecule has 2 fully saturated rings. The summed E-state index contributed by atoms with van der Waals surface area (Å²) in [5.74, 6) is -0.823. The molecule has 2 rings (SSSR count). The molecule has 2 atom stereocenters. The third-order valence-corrected chi connectivity index (χ3v) is 4.24. The fourth-order valence-electron chi connectivity index (χ4n) is 2.36. The first-order valence-electron chi connectivity index (χ1n) is 6.52. The molecule has 0 radical (unpaired) electrons. The van der Waals surface area contributed by atoms with Crippen LogP contribution < -0.4 is 0 Å². The first-order valence-corrected chi connectivity index (χ1v) is 10.1. The van der Waals surface area contributed by atoms with E-state index in [0.717, 1.165) is 12.5 Å². The van der Waals surface area contributed by atoms with Gasteiger partial charge in [0.2, 0.25) is 0 Å². The quantitative estimate of drug-likeness (QED) is 0.582. The van der Waals surface area contributed by atoms with Crippen molar-refractivity contribution in [2.24, 2.45) is 0 Å². The van der Waals surface area contributed by atoms with Gasteiger partial charge in [-0.25, -0.2) is 0 Å². The molecule has 0 spiro atoms. The average molecular weight is 360 g/mol. The Bertz CT molecular complexity index is 568. The Labute approximate surface area is 130 Å². The number of fused-ring (bicyclic) bond motifs is 1. The highest BCUT2D eigenvalue weighted by Gasteiger charge is 2.56. The smallest absolute Gasteiger partial charge is 0.264 e. The summed E-state index contributed by atoms with van der Waals surface area (Å²) >= 11 is 0. The lowest BCUT2D eigenvalue weighted by atomic mass is 10.0. The van der Waals surface area contributed by atoms with Gasteiger partial charge >= 0.3 is 0 Å². The monoisotopic (exact) mass is 360 g/mol. The lowest BCUT2D eigenvalue weighted by molar-refractivity contribution is -0.233. The van der Waals surface area contributed by atoms with Gasteiger partial charge in [-0.05, 0) is 13.8 Å². The number of ether oxygens (including phenoxy) is 3. The van der Waals surface area contributed by atoms with Crippen molar-refractivity contribution in [3.05, 3.63) is 0 Å². The summed E-state index contributed by atoms with van der Waals surface area (Å²) in [4.78, 5) is 0. The van der Waals surface area contributed by atoms with E-state index in [2.05, 4.69) is 0 Å². The van der Waals surface area contributed by atoms with Gasteiger partial charge in [0.05, 0.1) is 25.7 Å². The van der Waals surface area contributed by atoms with E-state index in [9.17, 15) is 16.8 Å². The van der Waals surface area contributed by atoms with Crippen LogP contribution in [0.2, 0.25) is 0 Å². The van der Waals surface area contributed by atoms with Gasteiger partial charge in [0, 0.05) is 6.42 Å². The third-order valence-electron chi connectivity index (χ3n) is 3.15. The molecule has 0 unspecified atom stereocenters. The van der Waals surface area contributed by atoms with Crippen LogP contribution in [0.25, 0.3) is 0 Å². The van der Waals surface area contributed by atoms with Gasteiger partial charge in [-0.15, -0.1) is 0 Å². The molecule has 0 aromatic heterocycles. The van der Waals surface area contributed by atoms with Crippen LogP contribution in [0.15, 0.2) is 0 Å². The molecule has 2 saturated heterocycles. The average Bonchev–Trinajstić information content (AvgIpc) is 2.73. The molecule has 9 nitrogen and oxygen atoms in total. The minimum Gasteiger partial charge on any atom is -0.342 e. The topological polar surface area (TPSA) is 114 Å². The van der Waals surface area contributed by atoms with E-state index in [1.54, 1.807) is 13.8 Å². The Morgan fingerprint density at radius 1 is 0.955 bits per heavy atom. The Hall–Kier alpha value is -0.300. The van der Waals surface area contributed by atoms with Gasteiger partial charge in [-0.2, -0.15) is 16.8 Å². The summed E-state index contributed by atoms with van der Waals surface area (Å²) < 4.78 is 71.1. The molecular weight excluding hydrogens is 340 g/mol. The second-order valence-corrected chi connectivity index (χ2v) is 9.27. The molecule has 2 aliphatic heterocycles. The third kappa shape index (κ3) is 4.85. The maximum Gasteiger partial charge on any atom is 0.264 e. The molecule has 0 saturated carbocycles. The van der Waals surface area contributed by atoms with Crippen molar-refractivity contribution in [2.75, 3.05) is 25.7 Å². The van der Waals surface area contributed by atoms with Crippen LogP contribution >= 0.6 is 0 Å². The fraction of sp³-hybridized carbons (Fsp3) is 1.00. The van der Waals surface area contributed by atoms with Crippen LogP contribution in [0.5, 0.6) is 0 Å². The van der Waals surface area contributed by atoms with Crippen LogP contribution in [-0.2, 0) is 42.8 Å². The van der Waals surface area contributed by atoms with E-state index in [1.807, 2.05) is 0 Å². The van der Waals surface area contributed by atoms with Crippen molar-refractivity contribution < 1.29 is 39.4 Å². The molecule has 0 aromatic carbocycles. The summed E-state index contributed by atoms with van der Waals surface area (Å²) in [6.45, 7) is 2.66. The van der Waals surface area contributed by atoms with Gasteiger partial charge in [-0.3, -0.25) is 8.37 Å². The van der Waals surface area contributed by atoms with Crippen molar-refractivity contribution in [1.82, 2.24) is 0 Å². The van der Waals surface area contributed by atoms with E-state index < -0.39 is 44.0 Å². The molecule has 130 valence electrons. The minimum absolute atomic E-state index is 0.187. The zero-order chi connectivity index (χ0) is 16.8. The second kappa shape index (κ2) is 5.65. The van der Waals surface area contributed by atoms with Crippen LogP contribution in [0.3, 0.4) is 0 Å². The molecule has 0 aromatic rings. The molecule has 0 bridgehead atoms. The zero-order valence-electron chi connectivity index (χ0n) is 12.8. The van der Waals surface area contributed by atoms with Crippen LogP contribution in [0.1, 0.15) is 20.3 Å². The first-order chi connectivity index (χ1) is 9.79. The summed E-state index contributed by atoms with van der Waals surface area (Å²) in [6.07, 6.45) is 0.780. The number of hydrogen-bond donors (Lipinski definition) is 0. The standard InChI is InChI=1S/C11H20O9S2/c1-10(2)18-8-5-11(20-9(8)19-10,6-16-21(3,12)13)7-17-22(4,14)15/h8-9H,5-7H2,1-4H3/t8-,9+/m1/s1. The summed E-state index contributed by atoms with van der Waals surface area (Å²) in [7, 11) is -7.43. The molecule has 22 heavy (non-hydrogen) atoms. The van der Waals surface area contributed by atoms with Crippen molar-refractivity contribution in [2.45, 2.75) is 44.1 Å². The maximum atomic E-state index is 11.2. The van der Waals surface area contributed by atoms with Gasteiger partial charge in [0.15, 0.2) is 12.1 Å².